The largest absolute Gasteiger partial charge is 0.411 e. The molecule has 0 aliphatic heterocycles. The minimum atomic E-state index is -3.18. The molecule has 0 aromatic heterocycles. The lowest BCUT2D eigenvalue weighted by atomic mass is 10.1. The molecule has 0 spiro atoms. The molecular formula is C11H15NO3S. The monoisotopic (exact) mass is 241 g/mol. The standard InChI is InChI=1S/C11H15NO3S/c1-3-16(14,15)8-11(12-13)10-6-4-5-9(2)7-10/h4-7,13H,3,8H2,1-2H3/b12-11-. The van der Waals surface area contributed by atoms with Crippen LogP contribution in [-0.4, -0.2) is 30.8 Å². The molecule has 4 nitrogen and oxygen atoms in total. The molecule has 0 saturated heterocycles. The Bertz CT molecular complexity index is 492. The van der Waals surface area contributed by atoms with E-state index in [4.69, 9.17) is 5.21 Å². The van der Waals surface area contributed by atoms with Gasteiger partial charge in [-0.1, -0.05) is 41.9 Å². The highest BCUT2D eigenvalue weighted by Gasteiger charge is 2.14. The van der Waals surface area contributed by atoms with E-state index in [2.05, 4.69) is 5.16 Å². The van der Waals surface area contributed by atoms with Crippen LogP contribution in [0, 0.1) is 6.92 Å². The van der Waals surface area contributed by atoms with Gasteiger partial charge in [-0.3, -0.25) is 0 Å². The molecule has 0 fully saturated rings. The lowest BCUT2D eigenvalue weighted by Gasteiger charge is -2.05. The molecule has 16 heavy (non-hydrogen) atoms. The molecule has 5 heteroatoms. The van der Waals surface area contributed by atoms with Crippen molar-refractivity contribution in [3.8, 4) is 0 Å². The molecule has 0 amide bonds. The zero-order valence-corrected chi connectivity index (χ0v) is 10.2. The van der Waals surface area contributed by atoms with Crippen molar-refractivity contribution < 1.29 is 13.6 Å². The molecule has 88 valence electrons. The van der Waals surface area contributed by atoms with Crippen molar-refractivity contribution in [2.45, 2.75) is 13.8 Å². The molecule has 1 N–H and O–H groups in total. The van der Waals surface area contributed by atoms with E-state index in [1.165, 1.54) is 0 Å². The summed E-state index contributed by atoms with van der Waals surface area (Å²) in [5, 5.41) is 11.9. The average molecular weight is 241 g/mol. The van der Waals surface area contributed by atoms with E-state index in [0.717, 1.165) is 5.56 Å². The van der Waals surface area contributed by atoms with Gasteiger partial charge in [0, 0.05) is 11.3 Å². The first-order valence-corrected chi connectivity index (χ1v) is 6.79. The Morgan fingerprint density at radius 2 is 2.12 bits per heavy atom. The van der Waals surface area contributed by atoms with E-state index in [0.29, 0.717) is 5.56 Å². The van der Waals surface area contributed by atoms with Crippen LogP contribution in [0.5, 0.6) is 0 Å². The second kappa shape index (κ2) is 5.12. The quantitative estimate of drug-likeness (QED) is 0.494. The third kappa shape index (κ3) is 3.34. The zero-order chi connectivity index (χ0) is 12.2. The van der Waals surface area contributed by atoms with Gasteiger partial charge in [-0.2, -0.15) is 0 Å². The van der Waals surface area contributed by atoms with Crippen LogP contribution in [0.4, 0.5) is 0 Å². The molecule has 0 aliphatic carbocycles. The summed E-state index contributed by atoms with van der Waals surface area (Å²) in [4.78, 5) is 0. The number of hydrogen-bond donors (Lipinski definition) is 1. The molecular weight excluding hydrogens is 226 g/mol. The number of sulfone groups is 1. The molecule has 0 bridgehead atoms. The average Bonchev–Trinajstić information content (AvgIpc) is 2.26. The highest BCUT2D eigenvalue weighted by molar-refractivity contribution is 7.92. The number of benzene rings is 1. The molecule has 1 aromatic carbocycles. The smallest absolute Gasteiger partial charge is 0.155 e. The normalized spacial score (nSPS) is 12.8. The third-order valence-electron chi connectivity index (χ3n) is 2.27. The van der Waals surface area contributed by atoms with E-state index in [-0.39, 0.29) is 17.2 Å². The van der Waals surface area contributed by atoms with Gasteiger partial charge < -0.3 is 5.21 Å². The fourth-order valence-corrected chi connectivity index (χ4v) is 2.15. The van der Waals surface area contributed by atoms with Gasteiger partial charge in [-0.05, 0) is 6.92 Å². The molecule has 0 unspecified atom stereocenters. The van der Waals surface area contributed by atoms with Crippen molar-refractivity contribution in [3.05, 3.63) is 35.4 Å². The first-order valence-electron chi connectivity index (χ1n) is 4.97. The number of nitrogens with zero attached hydrogens (tertiary/aromatic N) is 1. The number of rotatable bonds is 4. The Balaban J connectivity index is 3.02. The Morgan fingerprint density at radius 1 is 1.44 bits per heavy atom. The van der Waals surface area contributed by atoms with E-state index in [1.54, 1.807) is 25.1 Å². The lowest BCUT2D eigenvalue weighted by Crippen LogP contribution is -2.18. The highest BCUT2D eigenvalue weighted by atomic mass is 32.2. The van der Waals surface area contributed by atoms with Crippen molar-refractivity contribution in [3.63, 3.8) is 0 Å². The molecule has 0 radical (unpaired) electrons. The molecule has 0 saturated carbocycles. The minimum Gasteiger partial charge on any atom is -0.411 e. The van der Waals surface area contributed by atoms with Gasteiger partial charge in [-0.25, -0.2) is 8.42 Å². The maximum atomic E-state index is 11.4. The van der Waals surface area contributed by atoms with Gasteiger partial charge in [0.05, 0.1) is 5.75 Å². The second-order valence-corrected chi connectivity index (χ2v) is 5.95. The first-order chi connectivity index (χ1) is 7.48. The SMILES string of the molecule is CCS(=O)(=O)C/C(=N/O)c1cccc(C)c1. The van der Waals surface area contributed by atoms with Crippen LogP contribution in [-0.2, 0) is 9.84 Å². The van der Waals surface area contributed by atoms with E-state index in [9.17, 15) is 8.42 Å². The second-order valence-electron chi connectivity index (χ2n) is 3.59. The van der Waals surface area contributed by atoms with Crippen LogP contribution in [0.15, 0.2) is 29.4 Å². The van der Waals surface area contributed by atoms with Crippen LogP contribution in [0.1, 0.15) is 18.1 Å². The van der Waals surface area contributed by atoms with Gasteiger partial charge in [0.15, 0.2) is 9.84 Å². The maximum absolute atomic E-state index is 11.4. The van der Waals surface area contributed by atoms with E-state index in [1.807, 2.05) is 13.0 Å². The topological polar surface area (TPSA) is 66.7 Å². The Morgan fingerprint density at radius 3 is 2.62 bits per heavy atom. The summed E-state index contributed by atoms with van der Waals surface area (Å²) in [5.74, 6) is -0.193. The number of aryl methyl sites for hydroxylation is 1. The zero-order valence-electron chi connectivity index (χ0n) is 9.34. The van der Waals surface area contributed by atoms with Crippen molar-refractivity contribution >= 4 is 15.5 Å². The van der Waals surface area contributed by atoms with Crippen LogP contribution in [0.3, 0.4) is 0 Å². The summed E-state index contributed by atoms with van der Waals surface area (Å²) in [6.45, 7) is 3.47. The summed E-state index contributed by atoms with van der Waals surface area (Å²) < 4.78 is 22.9. The highest BCUT2D eigenvalue weighted by Crippen LogP contribution is 2.07. The maximum Gasteiger partial charge on any atom is 0.155 e. The fraction of sp³-hybridized carbons (Fsp3) is 0.364. The van der Waals surface area contributed by atoms with Crippen LogP contribution in [0.2, 0.25) is 0 Å². The van der Waals surface area contributed by atoms with Gasteiger partial charge in [0.2, 0.25) is 0 Å². The predicted octanol–water partition coefficient (Wildman–Crippen LogP) is 1.61. The third-order valence-corrected chi connectivity index (χ3v) is 3.86. The van der Waals surface area contributed by atoms with Gasteiger partial charge in [0.25, 0.3) is 0 Å². The first kappa shape index (κ1) is 12.7. The summed E-state index contributed by atoms with van der Waals surface area (Å²) >= 11 is 0. The van der Waals surface area contributed by atoms with Gasteiger partial charge in [-0.15, -0.1) is 0 Å². The minimum absolute atomic E-state index is 0.0395. The number of oxime groups is 1. The number of hydrogen-bond acceptors (Lipinski definition) is 4. The Hall–Kier alpha value is -1.36. The van der Waals surface area contributed by atoms with Gasteiger partial charge >= 0.3 is 0 Å². The van der Waals surface area contributed by atoms with Crippen LogP contribution < -0.4 is 0 Å². The summed E-state index contributed by atoms with van der Waals surface area (Å²) in [7, 11) is -3.18. The molecule has 0 aliphatic rings. The summed E-state index contributed by atoms with van der Waals surface area (Å²) in [6.07, 6.45) is 0. The molecule has 0 atom stereocenters. The summed E-state index contributed by atoms with van der Waals surface area (Å²) in [6, 6.07) is 7.22. The Kier molecular flexibility index (Phi) is 4.06. The molecule has 0 heterocycles. The summed E-state index contributed by atoms with van der Waals surface area (Å²) in [5.41, 5.74) is 1.82. The van der Waals surface area contributed by atoms with Crippen LogP contribution in [0.25, 0.3) is 0 Å². The van der Waals surface area contributed by atoms with E-state index >= 15 is 0 Å². The van der Waals surface area contributed by atoms with E-state index < -0.39 is 9.84 Å². The fourth-order valence-electron chi connectivity index (χ4n) is 1.30. The van der Waals surface area contributed by atoms with Crippen molar-refractivity contribution in [1.29, 1.82) is 0 Å². The molecule has 1 aromatic rings. The predicted molar refractivity (Wildman–Crippen MR) is 63.8 cm³/mol. The van der Waals surface area contributed by atoms with Crippen LogP contribution >= 0.6 is 0 Å². The lowest BCUT2D eigenvalue weighted by molar-refractivity contribution is 0.319. The van der Waals surface area contributed by atoms with Crippen molar-refractivity contribution in [1.82, 2.24) is 0 Å². The van der Waals surface area contributed by atoms with Crippen molar-refractivity contribution in [2.75, 3.05) is 11.5 Å². The molecule has 1 rings (SSSR count). The van der Waals surface area contributed by atoms with Crippen molar-refractivity contribution in [2.24, 2.45) is 5.16 Å². The van der Waals surface area contributed by atoms with Gasteiger partial charge in [0.1, 0.15) is 5.71 Å². The Labute approximate surface area is 95.5 Å².